The maximum absolute atomic E-state index is 14.1. The summed E-state index contributed by atoms with van der Waals surface area (Å²) in [4.78, 5) is 16.6. The first kappa shape index (κ1) is 21.5. The zero-order chi connectivity index (χ0) is 22.2. The number of benzene rings is 2. The van der Waals surface area contributed by atoms with Crippen LogP contribution < -0.4 is 4.74 Å². The molecule has 0 spiro atoms. The highest BCUT2D eigenvalue weighted by Crippen LogP contribution is 2.50. The van der Waals surface area contributed by atoms with Crippen molar-refractivity contribution in [1.82, 2.24) is 4.98 Å². The molecule has 0 unspecified atom stereocenters. The number of methoxy groups -OCH3 is 1. The number of carbonyl (C=O) groups is 1. The number of rotatable bonds is 7. The molecule has 0 atom stereocenters. The van der Waals surface area contributed by atoms with Gasteiger partial charge in [-0.15, -0.1) is 0 Å². The van der Waals surface area contributed by atoms with Gasteiger partial charge in [0.2, 0.25) is 5.88 Å². The van der Waals surface area contributed by atoms with E-state index < -0.39 is 10.6 Å². The van der Waals surface area contributed by atoms with Crippen LogP contribution in [0.15, 0.2) is 47.5 Å². The van der Waals surface area contributed by atoms with Crippen LogP contribution in [0, 0.1) is 5.82 Å². The fourth-order valence-electron chi connectivity index (χ4n) is 3.60. The van der Waals surface area contributed by atoms with E-state index in [1.165, 1.54) is 25.4 Å². The molecule has 0 saturated heterocycles. The third kappa shape index (κ3) is 4.51. The molecule has 3 aromatic rings. The van der Waals surface area contributed by atoms with Gasteiger partial charge in [0.25, 0.3) is 0 Å². The number of nitrogens with zero attached hydrogens (tertiary/aromatic N) is 1. The predicted molar refractivity (Wildman–Crippen MR) is 118 cm³/mol. The van der Waals surface area contributed by atoms with E-state index in [1.54, 1.807) is 25.1 Å². The second-order valence-corrected chi connectivity index (χ2v) is 9.94. The molecule has 4 rings (SSSR count). The van der Waals surface area contributed by atoms with Crippen LogP contribution in [0.1, 0.15) is 36.8 Å². The number of hydrogen-bond acceptors (Lipinski definition) is 6. The molecule has 1 saturated carbocycles. The van der Waals surface area contributed by atoms with Crippen LogP contribution in [0.3, 0.4) is 0 Å². The normalized spacial score (nSPS) is 14.5. The van der Waals surface area contributed by atoms with Gasteiger partial charge in [-0.3, -0.25) is 13.9 Å². The van der Waals surface area contributed by atoms with Crippen molar-refractivity contribution in [2.24, 2.45) is 0 Å². The number of hydrogen-bond donors (Lipinski definition) is 2. The molecular formula is C23H24FNO5S. The Morgan fingerprint density at radius 3 is 2.61 bits per heavy atom. The summed E-state index contributed by atoms with van der Waals surface area (Å²) in [6.07, 6.45) is 3.38. The van der Waals surface area contributed by atoms with E-state index in [-0.39, 0.29) is 35.8 Å². The summed E-state index contributed by atoms with van der Waals surface area (Å²) in [5.41, 5.74) is 1.66. The predicted octanol–water partition coefficient (Wildman–Crippen LogP) is 5.89. The lowest BCUT2D eigenvalue weighted by Gasteiger charge is -2.30. The number of pyridine rings is 1. The third-order valence-electron chi connectivity index (χ3n) is 5.42. The van der Waals surface area contributed by atoms with E-state index in [4.69, 9.17) is 9.47 Å². The fourth-order valence-corrected chi connectivity index (χ4v) is 4.44. The Kier molecular flexibility index (Phi) is 5.88. The first-order chi connectivity index (χ1) is 14.8. The summed E-state index contributed by atoms with van der Waals surface area (Å²) in [7, 11) is -1.54. The zero-order valence-electron chi connectivity index (χ0n) is 17.3. The Balaban J connectivity index is 1.82. The molecule has 1 aliphatic carbocycles. The average molecular weight is 446 g/mol. The Morgan fingerprint density at radius 1 is 1.23 bits per heavy atom. The van der Waals surface area contributed by atoms with Crippen LogP contribution in [-0.4, -0.2) is 32.9 Å². The lowest BCUT2D eigenvalue weighted by atomic mass is 9.94. The summed E-state index contributed by atoms with van der Waals surface area (Å²) in [6, 6.07) is 9.46. The largest absolute Gasteiger partial charge is 0.469 e. The van der Waals surface area contributed by atoms with Crippen molar-refractivity contribution in [3.8, 4) is 11.6 Å². The lowest BCUT2D eigenvalue weighted by molar-refractivity contribution is -0.139. The number of carbonyl (C=O) groups excluding carboxylic acids is 1. The Hall–Kier alpha value is -2.68. The first-order valence-electron chi connectivity index (χ1n) is 10.0. The van der Waals surface area contributed by atoms with E-state index in [0.717, 1.165) is 29.4 Å². The van der Waals surface area contributed by atoms with Gasteiger partial charge in [-0.2, -0.15) is 10.6 Å². The number of fused-ring (bicyclic) bond motifs is 1. The van der Waals surface area contributed by atoms with Crippen LogP contribution in [-0.2, 0) is 16.0 Å². The van der Waals surface area contributed by atoms with Gasteiger partial charge < -0.3 is 9.47 Å². The molecule has 8 heteroatoms. The zero-order valence-corrected chi connectivity index (χ0v) is 18.1. The van der Waals surface area contributed by atoms with E-state index in [2.05, 4.69) is 4.98 Å². The second-order valence-electron chi connectivity index (χ2n) is 7.56. The Morgan fingerprint density at radius 2 is 2.00 bits per heavy atom. The standard InChI is InChI=1S/C23H24FNO5S/c1-3-31(27,28)18-8-9-20(25-13-18)30-23-19-12-17(24)7-6-15(19)10-16(11-21(26)29-2)22(23)14-4-5-14/h6-10,12-14,27-28H,3-5,11H2,1-2H3. The minimum Gasteiger partial charge on any atom is -0.469 e. The molecule has 164 valence electrons. The maximum atomic E-state index is 14.1. The van der Waals surface area contributed by atoms with Gasteiger partial charge in [0, 0.05) is 22.8 Å². The quantitative estimate of drug-likeness (QED) is 0.441. The van der Waals surface area contributed by atoms with Gasteiger partial charge in [0.05, 0.1) is 24.6 Å². The number of aromatic nitrogens is 1. The van der Waals surface area contributed by atoms with Crippen LogP contribution in [0.5, 0.6) is 11.6 Å². The fraction of sp³-hybridized carbons (Fsp3) is 0.304. The van der Waals surface area contributed by atoms with Crippen molar-refractivity contribution in [2.45, 2.75) is 37.0 Å². The third-order valence-corrected chi connectivity index (χ3v) is 7.23. The summed E-state index contributed by atoms with van der Waals surface area (Å²) < 4.78 is 45.3. The van der Waals surface area contributed by atoms with Gasteiger partial charge in [0.15, 0.2) is 0 Å². The molecule has 2 N–H and O–H groups in total. The molecule has 31 heavy (non-hydrogen) atoms. The average Bonchev–Trinajstić information content (AvgIpc) is 3.59. The van der Waals surface area contributed by atoms with Crippen molar-refractivity contribution in [1.29, 1.82) is 0 Å². The molecule has 0 amide bonds. The molecule has 2 aromatic carbocycles. The summed E-state index contributed by atoms with van der Waals surface area (Å²) in [5.74, 6) is 0.383. The number of esters is 1. The molecule has 1 aromatic heterocycles. The summed E-state index contributed by atoms with van der Waals surface area (Å²) in [5, 5.41) is 1.34. The van der Waals surface area contributed by atoms with Crippen LogP contribution in [0.2, 0.25) is 0 Å². The van der Waals surface area contributed by atoms with Crippen LogP contribution in [0.25, 0.3) is 10.8 Å². The monoisotopic (exact) mass is 445 g/mol. The minimum atomic E-state index is -2.88. The van der Waals surface area contributed by atoms with Crippen LogP contribution >= 0.6 is 10.6 Å². The van der Waals surface area contributed by atoms with E-state index in [9.17, 15) is 18.3 Å². The van der Waals surface area contributed by atoms with Gasteiger partial charge in [-0.1, -0.05) is 12.1 Å². The summed E-state index contributed by atoms with van der Waals surface area (Å²) >= 11 is 0. The van der Waals surface area contributed by atoms with Gasteiger partial charge in [-0.05, 0) is 54.8 Å². The molecule has 1 aliphatic rings. The molecule has 0 radical (unpaired) electrons. The van der Waals surface area contributed by atoms with E-state index >= 15 is 0 Å². The first-order valence-corrected chi connectivity index (χ1v) is 11.8. The Labute approximate surface area is 181 Å². The molecule has 0 bridgehead atoms. The van der Waals surface area contributed by atoms with Crippen molar-refractivity contribution in [3.05, 3.63) is 59.5 Å². The van der Waals surface area contributed by atoms with Gasteiger partial charge in [-0.25, -0.2) is 9.37 Å². The number of halogens is 1. The summed E-state index contributed by atoms with van der Waals surface area (Å²) in [6.45, 7) is 1.69. The minimum absolute atomic E-state index is 0.0930. The van der Waals surface area contributed by atoms with Crippen molar-refractivity contribution in [2.75, 3.05) is 12.9 Å². The number of ether oxygens (including phenoxy) is 2. The smallest absolute Gasteiger partial charge is 0.309 e. The molecule has 0 aliphatic heterocycles. The van der Waals surface area contributed by atoms with E-state index in [0.29, 0.717) is 16.0 Å². The van der Waals surface area contributed by atoms with Gasteiger partial charge >= 0.3 is 5.97 Å². The van der Waals surface area contributed by atoms with Gasteiger partial charge in [0.1, 0.15) is 11.6 Å². The highest BCUT2D eigenvalue weighted by molar-refractivity contribution is 8.24. The highest BCUT2D eigenvalue weighted by atomic mass is 32.3. The molecule has 6 nitrogen and oxygen atoms in total. The molecular weight excluding hydrogens is 421 g/mol. The van der Waals surface area contributed by atoms with Crippen molar-refractivity contribution >= 4 is 27.3 Å². The Bertz CT molecular complexity index is 1130. The van der Waals surface area contributed by atoms with Crippen LogP contribution in [0.4, 0.5) is 4.39 Å². The van der Waals surface area contributed by atoms with Crippen molar-refractivity contribution < 1.29 is 27.8 Å². The molecule has 1 fully saturated rings. The highest BCUT2D eigenvalue weighted by Gasteiger charge is 2.32. The topological polar surface area (TPSA) is 88.9 Å². The van der Waals surface area contributed by atoms with Crippen molar-refractivity contribution in [3.63, 3.8) is 0 Å². The molecule has 1 heterocycles. The maximum Gasteiger partial charge on any atom is 0.309 e. The lowest BCUT2D eigenvalue weighted by Crippen LogP contribution is -2.08. The van der Waals surface area contributed by atoms with E-state index in [1.807, 2.05) is 6.07 Å². The SMILES string of the molecule is CCS(O)(O)c1ccc(Oc2c(C3CC3)c(CC(=O)OC)cc3ccc(F)cc23)nc1. The second kappa shape index (κ2) is 8.45.